The van der Waals surface area contributed by atoms with Crippen molar-refractivity contribution in [3.8, 4) is 0 Å². The molecule has 1 aliphatic heterocycles. The van der Waals surface area contributed by atoms with Gasteiger partial charge in [0.15, 0.2) is 5.78 Å². The molecule has 7 nitrogen and oxygen atoms in total. The number of carbonyl (C=O) groups excluding carboxylic acids is 2. The van der Waals surface area contributed by atoms with Gasteiger partial charge in [0.1, 0.15) is 0 Å². The predicted octanol–water partition coefficient (Wildman–Crippen LogP) is 3.71. The van der Waals surface area contributed by atoms with Gasteiger partial charge in [0, 0.05) is 30.1 Å². The van der Waals surface area contributed by atoms with Gasteiger partial charge in [0.05, 0.1) is 23.9 Å². The molecule has 1 fully saturated rings. The third-order valence-corrected chi connectivity index (χ3v) is 8.54. The average Bonchev–Trinajstić information content (AvgIpc) is 2.76. The third-order valence-electron chi connectivity index (χ3n) is 5.69. The van der Waals surface area contributed by atoms with Crippen LogP contribution in [0.1, 0.15) is 39.5 Å². The first kappa shape index (κ1) is 25.4. The quantitative estimate of drug-likeness (QED) is 0.567. The number of ketones is 1. The number of nitrogens with zero attached hydrogens (tertiary/aromatic N) is 1. The Labute approximate surface area is 199 Å². The van der Waals surface area contributed by atoms with Crippen LogP contribution in [0.15, 0.2) is 35.2 Å². The van der Waals surface area contributed by atoms with Crippen LogP contribution in [0.3, 0.4) is 0 Å². The van der Waals surface area contributed by atoms with E-state index in [9.17, 15) is 18.0 Å². The van der Waals surface area contributed by atoms with Crippen molar-refractivity contribution in [2.45, 2.75) is 38.3 Å². The number of ether oxygens (including phenoxy) is 1. The van der Waals surface area contributed by atoms with Crippen molar-refractivity contribution in [1.29, 1.82) is 0 Å². The number of hydrogen-bond acceptors (Lipinski definition) is 6. The molecule has 0 atom stereocenters. The van der Waals surface area contributed by atoms with Gasteiger partial charge in [0.25, 0.3) is 0 Å². The monoisotopic (exact) mass is 490 g/mol. The largest absolute Gasteiger partial charge is 0.379 e. The molecule has 0 spiro atoms. The molecular formula is C24H30N2O5S2. The molecule has 0 aromatic heterocycles. The molecule has 1 aliphatic rings. The van der Waals surface area contributed by atoms with Crippen LogP contribution in [0.4, 0.5) is 5.69 Å². The molecule has 0 bridgehead atoms. The Bertz CT molecular complexity index is 1160. The molecule has 9 heteroatoms. The minimum Gasteiger partial charge on any atom is -0.379 e. The molecule has 3 rings (SSSR count). The van der Waals surface area contributed by atoms with E-state index >= 15 is 0 Å². The molecule has 2 aromatic carbocycles. The second kappa shape index (κ2) is 10.8. The fourth-order valence-electron chi connectivity index (χ4n) is 4.10. The summed E-state index contributed by atoms with van der Waals surface area (Å²) in [6.45, 7) is 8.86. The van der Waals surface area contributed by atoms with Gasteiger partial charge in [-0.05, 0) is 68.1 Å². The highest BCUT2D eigenvalue weighted by atomic mass is 32.2. The van der Waals surface area contributed by atoms with E-state index in [-0.39, 0.29) is 22.3 Å². The molecule has 0 aliphatic carbocycles. The number of benzene rings is 2. The molecular weight excluding hydrogens is 460 g/mol. The summed E-state index contributed by atoms with van der Waals surface area (Å²) in [7, 11) is -3.63. The van der Waals surface area contributed by atoms with Gasteiger partial charge >= 0.3 is 0 Å². The summed E-state index contributed by atoms with van der Waals surface area (Å²) in [6, 6.07) is 8.33. The van der Waals surface area contributed by atoms with Crippen LogP contribution in [0.5, 0.6) is 0 Å². The van der Waals surface area contributed by atoms with Crippen molar-refractivity contribution in [2.24, 2.45) is 0 Å². The van der Waals surface area contributed by atoms with Crippen LogP contribution in [0.2, 0.25) is 0 Å². The van der Waals surface area contributed by atoms with Crippen LogP contribution in [0.25, 0.3) is 0 Å². The lowest BCUT2D eigenvalue weighted by Crippen LogP contribution is -2.40. The maximum absolute atomic E-state index is 12.8. The van der Waals surface area contributed by atoms with Gasteiger partial charge in [0.2, 0.25) is 15.9 Å². The lowest BCUT2D eigenvalue weighted by atomic mass is 9.92. The zero-order valence-electron chi connectivity index (χ0n) is 19.4. The van der Waals surface area contributed by atoms with E-state index in [2.05, 4.69) is 5.32 Å². The molecule has 1 N–H and O–H groups in total. The second-order valence-electron chi connectivity index (χ2n) is 8.13. The van der Waals surface area contributed by atoms with Crippen LogP contribution in [-0.2, 0) is 25.3 Å². The molecule has 1 amide bonds. The number of Topliss-reactive ketones (excluding diaryl/α,β-unsaturated/α-hetero) is 1. The number of rotatable bonds is 8. The highest BCUT2D eigenvalue weighted by Crippen LogP contribution is 2.27. The SMILES string of the molecule is CC(=O)c1c(C)cc(C)c(CSCC(=O)Nc2cccc(S(=O)(=O)N3CCOCC3)c2)c1C. The highest BCUT2D eigenvalue weighted by molar-refractivity contribution is 7.99. The van der Waals surface area contributed by atoms with Crippen molar-refractivity contribution in [2.75, 3.05) is 37.4 Å². The summed E-state index contributed by atoms with van der Waals surface area (Å²) < 4.78 is 32.3. The summed E-state index contributed by atoms with van der Waals surface area (Å²) in [5.74, 6) is 0.649. The van der Waals surface area contributed by atoms with Crippen LogP contribution in [-0.4, -0.2) is 56.5 Å². The zero-order chi connectivity index (χ0) is 24.2. The van der Waals surface area contributed by atoms with Crippen molar-refractivity contribution in [1.82, 2.24) is 4.31 Å². The Morgan fingerprint density at radius 2 is 1.79 bits per heavy atom. The number of thioether (sulfide) groups is 1. The second-order valence-corrected chi connectivity index (χ2v) is 11.1. The summed E-state index contributed by atoms with van der Waals surface area (Å²) in [6.07, 6.45) is 0. The van der Waals surface area contributed by atoms with Crippen LogP contribution in [0, 0.1) is 20.8 Å². The standard InChI is InChI=1S/C24H30N2O5S2/c1-16-12-17(2)24(19(4)27)18(3)22(16)14-32-15-23(28)25-20-6-5-7-21(13-20)33(29,30)26-8-10-31-11-9-26/h5-7,12-13H,8-11,14-15H2,1-4H3,(H,25,28). The Kier molecular flexibility index (Phi) is 8.33. The maximum atomic E-state index is 12.8. The normalized spacial score (nSPS) is 14.8. The van der Waals surface area contributed by atoms with E-state index in [0.717, 1.165) is 27.8 Å². The van der Waals surface area contributed by atoms with Gasteiger partial charge in [-0.25, -0.2) is 8.42 Å². The Hall–Kier alpha value is -2.20. The van der Waals surface area contributed by atoms with Crippen molar-refractivity contribution in [3.63, 3.8) is 0 Å². The lowest BCUT2D eigenvalue weighted by molar-refractivity contribution is -0.113. The summed E-state index contributed by atoms with van der Waals surface area (Å²) >= 11 is 1.46. The smallest absolute Gasteiger partial charge is 0.243 e. The topological polar surface area (TPSA) is 92.8 Å². The first-order valence-electron chi connectivity index (χ1n) is 10.8. The minimum atomic E-state index is -3.63. The summed E-state index contributed by atoms with van der Waals surface area (Å²) in [5, 5.41) is 2.79. The summed E-state index contributed by atoms with van der Waals surface area (Å²) in [4.78, 5) is 24.7. The van der Waals surface area contributed by atoms with Gasteiger partial charge in [-0.2, -0.15) is 4.31 Å². The highest BCUT2D eigenvalue weighted by Gasteiger charge is 2.26. The molecule has 2 aromatic rings. The Morgan fingerprint density at radius 3 is 2.45 bits per heavy atom. The number of aryl methyl sites for hydroxylation is 2. The number of hydrogen-bond donors (Lipinski definition) is 1. The first-order valence-corrected chi connectivity index (χ1v) is 13.4. The fraction of sp³-hybridized carbons (Fsp3) is 0.417. The van der Waals surface area contributed by atoms with Crippen molar-refractivity contribution >= 4 is 39.2 Å². The number of amides is 1. The van der Waals surface area contributed by atoms with Crippen molar-refractivity contribution < 1.29 is 22.7 Å². The molecule has 1 heterocycles. The molecule has 0 saturated carbocycles. The Balaban J connectivity index is 1.63. The average molecular weight is 491 g/mol. The van der Waals surface area contributed by atoms with E-state index in [1.54, 1.807) is 19.1 Å². The Morgan fingerprint density at radius 1 is 1.09 bits per heavy atom. The number of anilines is 1. The van der Waals surface area contributed by atoms with E-state index in [1.807, 2.05) is 26.8 Å². The lowest BCUT2D eigenvalue weighted by Gasteiger charge is -2.26. The van der Waals surface area contributed by atoms with E-state index in [1.165, 1.54) is 28.2 Å². The van der Waals surface area contributed by atoms with Crippen LogP contribution < -0.4 is 5.32 Å². The van der Waals surface area contributed by atoms with Crippen LogP contribution >= 0.6 is 11.8 Å². The number of nitrogens with one attached hydrogen (secondary N) is 1. The van der Waals surface area contributed by atoms with Gasteiger partial charge in [-0.3, -0.25) is 9.59 Å². The number of morpholine rings is 1. The zero-order valence-corrected chi connectivity index (χ0v) is 21.1. The number of carbonyl (C=O) groups is 2. The van der Waals surface area contributed by atoms with Gasteiger partial charge < -0.3 is 10.1 Å². The minimum absolute atomic E-state index is 0.0425. The molecule has 33 heavy (non-hydrogen) atoms. The molecule has 178 valence electrons. The summed E-state index contributed by atoms with van der Waals surface area (Å²) in [5.41, 5.74) is 5.30. The fourth-order valence-corrected chi connectivity index (χ4v) is 6.57. The first-order chi connectivity index (χ1) is 15.6. The van der Waals surface area contributed by atoms with E-state index < -0.39 is 10.0 Å². The van der Waals surface area contributed by atoms with Crippen molar-refractivity contribution in [3.05, 3.63) is 58.1 Å². The molecule has 0 unspecified atom stereocenters. The van der Waals surface area contributed by atoms with Gasteiger partial charge in [-0.15, -0.1) is 11.8 Å². The van der Waals surface area contributed by atoms with E-state index in [4.69, 9.17) is 4.74 Å². The third kappa shape index (κ3) is 6.03. The number of sulfonamides is 1. The molecule has 0 radical (unpaired) electrons. The molecule has 1 saturated heterocycles. The van der Waals surface area contributed by atoms with E-state index in [0.29, 0.717) is 37.7 Å². The maximum Gasteiger partial charge on any atom is 0.243 e. The predicted molar refractivity (Wildman–Crippen MR) is 131 cm³/mol. The van der Waals surface area contributed by atoms with Gasteiger partial charge in [-0.1, -0.05) is 12.1 Å².